The standard InChI is InChI=1S/C23H27N5O4S/c1-4-5-12-28-21(24)20(22(30)26-23(28)31)27(3)19(29)11-8-16-6-9-18(10-7-16)32-13-17-14-33-15(2)25-17/h6-11,14H,4-5,12-13,24H2,1-3H3,(H,26,30,31)/b11-8+. The number of nitrogens with one attached hydrogen (secondary N) is 1. The van der Waals surface area contributed by atoms with Gasteiger partial charge in [0.15, 0.2) is 5.69 Å². The number of benzene rings is 1. The van der Waals surface area contributed by atoms with Crippen molar-refractivity contribution in [2.45, 2.75) is 39.8 Å². The maximum Gasteiger partial charge on any atom is 0.330 e. The number of ether oxygens (including phenoxy) is 1. The van der Waals surface area contributed by atoms with E-state index in [0.717, 1.165) is 34.0 Å². The molecule has 0 radical (unpaired) electrons. The number of anilines is 2. The molecule has 3 rings (SSSR count). The quantitative estimate of drug-likeness (QED) is 0.465. The van der Waals surface area contributed by atoms with E-state index in [0.29, 0.717) is 18.9 Å². The van der Waals surface area contributed by atoms with Crippen molar-refractivity contribution in [3.05, 3.63) is 72.8 Å². The summed E-state index contributed by atoms with van der Waals surface area (Å²) >= 11 is 1.58. The molecule has 0 saturated carbocycles. The minimum Gasteiger partial charge on any atom is -0.487 e. The molecule has 0 aliphatic rings. The first-order valence-corrected chi connectivity index (χ1v) is 11.4. The molecule has 3 aromatic rings. The van der Waals surface area contributed by atoms with Crippen LogP contribution in [0.1, 0.15) is 36.0 Å². The third-order valence-corrected chi connectivity index (χ3v) is 5.79. The van der Waals surface area contributed by atoms with Crippen LogP contribution >= 0.6 is 11.3 Å². The Bertz CT molecular complexity index is 1260. The summed E-state index contributed by atoms with van der Waals surface area (Å²) in [5.41, 5.74) is 6.39. The van der Waals surface area contributed by atoms with Crippen LogP contribution in [-0.4, -0.2) is 27.5 Å². The van der Waals surface area contributed by atoms with Crippen LogP contribution in [0.5, 0.6) is 5.75 Å². The van der Waals surface area contributed by atoms with Gasteiger partial charge in [-0.15, -0.1) is 11.3 Å². The molecule has 0 saturated heterocycles. The molecule has 174 valence electrons. The van der Waals surface area contributed by atoms with Crippen molar-refractivity contribution in [2.75, 3.05) is 17.7 Å². The van der Waals surface area contributed by atoms with Gasteiger partial charge in [-0.2, -0.15) is 0 Å². The number of hydrogen-bond donors (Lipinski definition) is 2. The second-order valence-electron chi connectivity index (χ2n) is 7.44. The first-order valence-electron chi connectivity index (χ1n) is 10.5. The van der Waals surface area contributed by atoms with Crippen molar-refractivity contribution < 1.29 is 9.53 Å². The van der Waals surface area contributed by atoms with E-state index in [1.807, 2.05) is 31.4 Å². The molecule has 0 aliphatic heterocycles. The lowest BCUT2D eigenvalue weighted by atomic mass is 10.2. The third-order valence-electron chi connectivity index (χ3n) is 4.97. The number of nitrogens with two attached hydrogens (primary N) is 1. The van der Waals surface area contributed by atoms with Gasteiger partial charge < -0.3 is 15.4 Å². The van der Waals surface area contributed by atoms with Gasteiger partial charge in [0.05, 0.1) is 10.7 Å². The zero-order valence-corrected chi connectivity index (χ0v) is 19.6. The Morgan fingerprint density at radius 1 is 1.30 bits per heavy atom. The number of carbonyl (C=O) groups is 1. The van der Waals surface area contributed by atoms with Gasteiger partial charge in [0, 0.05) is 25.0 Å². The first-order chi connectivity index (χ1) is 15.8. The van der Waals surface area contributed by atoms with Crippen molar-refractivity contribution in [1.82, 2.24) is 14.5 Å². The Morgan fingerprint density at radius 2 is 2.03 bits per heavy atom. The summed E-state index contributed by atoms with van der Waals surface area (Å²) in [6.07, 6.45) is 4.54. The predicted molar refractivity (Wildman–Crippen MR) is 131 cm³/mol. The van der Waals surface area contributed by atoms with Gasteiger partial charge in [0.25, 0.3) is 11.5 Å². The van der Waals surface area contributed by atoms with Crippen molar-refractivity contribution in [1.29, 1.82) is 0 Å². The van der Waals surface area contributed by atoms with E-state index in [2.05, 4.69) is 9.97 Å². The molecular weight excluding hydrogens is 442 g/mol. The summed E-state index contributed by atoms with van der Waals surface area (Å²) < 4.78 is 7.00. The number of likely N-dealkylation sites (N-methyl/N-ethyl adjacent to an activating group) is 1. The van der Waals surface area contributed by atoms with Gasteiger partial charge in [0.1, 0.15) is 18.2 Å². The van der Waals surface area contributed by atoms with E-state index in [4.69, 9.17) is 10.5 Å². The average molecular weight is 470 g/mol. The smallest absolute Gasteiger partial charge is 0.330 e. The second-order valence-corrected chi connectivity index (χ2v) is 8.51. The topological polar surface area (TPSA) is 123 Å². The summed E-state index contributed by atoms with van der Waals surface area (Å²) in [5.74, 6) is 0.209. The largest absolute Gasteiger partial charge is 0.487 e. The van der Waals surface area contributed by atoms with E-state index in [9.17, 15) is 14.4 Å². The Labute approximate surface area is 195 Å². The third kappa shape index (κ3) is 5.98. The molecule has 3 N–H and O–H groups in total. The zero-order valence-electron chi connectivity index (χ0n) is 18.8. The molecule has 0 aliphatic carbocycles. The molecular formula is C23H27N5O4S. The lowest BCUT2D eigenvalue weighted by molar-refractivity contribution is -0.113. The number of rotatable bonds is 9. The summed E-state index contributed by atoms with van der Waals surface area (Å²) in [5, 5.41) is 2.95. The summed E-state index contributed by atoms with van der Waals surface area (Å²) in [7, 11) is 1.44. The molecule has 2 aromatic heterocycles. The number of nitrogen functional groups attached to an aromatic ring is 1. The fraction of sp³-hybridized carbons (Fsp3) is 0.304. The van der Waals surface area contributed by atoms with Crippen molar-refractivity contribution >= 4 is 34.8 Å². The predicted octanol–water partition coefficient (Wildman–Crippen LogP) is 2.94. The molecule has 0 atom stereocenters. The maximum atomic E-state index is 12.7. The van der Waals surface area contributed by atoms with E-state index in [1.165, 1.54) is 17.7 Å². The lowest BCUT2D eigenvalue weighted by Crippen LogP contribution is -2.38. The Hall–Kier alpha value is -3.66. The Balaban J connectivity index is 1.68. The number of amides is 1. The highest BCUT2D eigenvalue weighted by Crippen LogP contribution is 2.18. The molecule has 2 heterocycles. The van der Waals surface area contributed by atoms with Crippen LogP contribution in [0.2, 0.25) is 0 Å². The normalized spacial score (nSPS) is 11.1. The Kier molecular flexibility index (Phi) is 7.83. The van der Waals surface area contributed by atoms with Crippen LogP contribution < -0.4 is 26.6 Å². The number of thiazole rings is 1. The van der Waals surface area contributed by atoms with Gasteiger partial charge in [-0.1, -0.05) is 25.5 Å². The van der Waals surface area contributed by atoms with Crippen LogP contribution in [0.4, 0.5) is 11.5 Å². The average Bonchev–Trinajstić information content (AvgIpc) is 3.21. The van der Waals surface area contributed by atoms with Crippen molar-refractivity contribution in [2.24, 2.45) is 0 Å². The molecule has 0 spiro atoms. The number of unbranched alkanes of at least 4 members (excludes halogenated alkanes) is 1. The van der Waals surface area contributed by atoms with Crippen LogP contribution in [-0.2, 0) is 17.9 Å². The molecule has 0 fully saturated rings. The number of carbonyl (C=O) groups excluding carboxylic acids is 1. The number of aromatic nitrogens is 3. The van der Waals surface area contributed by atoms with Crippen LogP contribution in [0.25, 0.3) is 6.08 Å². The summed E-state index contributed by atoms with van der Waals surface area (Å²) in [6.45, 7) is 4.68. The number of aromatic amines is 1. The van der Waals surface area contributed by atoms with Gasteiger partial charge in [-0.3, -0.25) is 19.1 Å². The van der Waals surface area contributed by atoms with Crippen molar-refractivity contribution in [3.8, 4) is 5.75 Å². The monoisotopic (exact) mass is 469 g/mol. The first kappa shape index (κ1) is 24.0. The van der Waals surface area contributed by atoms with Gasteiger partial charge in [-0.05, 0) is 37.1 Å². The number of nitrogens with zero attached hydrogens (tertiary/aromatic N) is 3. The van der Waals surface area contributed by atoms with Crippen LogP contribution in [0.15, 0.2) is 45.3 Å². The molecule has 0 bridgehead atoms. The minimum absolute atomic E-state index is 0.0294. The maximum absolute atomic E-state index is 12.7. The fourth-order valence-electron chi connectivity index (χ4n) is 3.14. The SMILES string of the molecule is CCCCn1c(N)c(N(C)C(=O)/C=C/c2ccc(OCc3csc(C)n3)cc2)c(=O)[nH]c1=O. The molecule has 1 aromatic carbocycles. The second kappa shape index (κ2) is 10.8. The lowest BCUT2D eigenvalue weighted by Gasteiger charge is -2.19. The molecule has 1 amide bonds. The van der Waals surface area contributed by atoms with E-state index < -0.39 is 17.2 Å². The molecule has 9 nitrogen and oxygen atoms in total. The molecule has 0 unspecified atom stereocenters. The summed E-state index contributed by atoms with van der Waals surface area (Å²) in [6, 6.07) is 7.24. The van der Waals surface area contributed by atoms with Crippen LogP contribution in [0, 0.1) is 6.92 Å². The highest BCUT2D eigenvalue weighted by molar-refractivity contribution is 7.09. The van der Waals surface area contributed by atoms with E-state index in [-0.39, 0.29) is 11.5 Å². The highest BCUT2D eigenvalue weighted by atomic mass is 32.1. The summed E-state index contributed by atoms with van der Waals surface area (Å²) in [4.78, 5) is 44.8. The fourth-order valence-corrected chi connectivity index (χ4v) is 3.73. The van der Waals surface area contributed by atoms with Gasteiger partial charge in [-0.25, -0.2) is 9.78 Å². The van der Waals surface area contributed by atoms with Crippen LogP contribution in [0.3, 0.4) is 0 Å². The minimum atomic E-state index is -0.702. The zero-order chi connectivity index (χ0) is 24.0. The Morgan fingerprint density at radius 3 is 2.67 bits per heavy atom. The highest BCUT2D eigenvalue weighted by Gasteiger charge is 2.19. The number of H-pyrrole nitrogens is 1. The van der Waals surface area contributed by atoms with Gasteiger partial charge >= 0.3 is 5.69 Å². The number of hydrogen-bond acceptors (Lipinski definition) is 7. The van der Waals surface area contributed by atoms with Gasteiger partial charge in [0.2, 0.25) is 0 Å². The molecule has 33 heavy (non-hydrogen) atoms. The number of aryl methyl sites for hydroxylation is 1. The molecule has 10 heteroatoms. The van der Waals surface area contributed by atoms with E-state index in [1.54, 1.807) is 29.5 Å². The van der Waals surface area contributed by atoms with E-state index >= 15 is 0 Å². The van der Waals surface area contributed by atoms with Crippen molar-refractivity contribution in [3.63, 3.8) is 0 Å².